The molecule has 0 atom stereocenters. The molecule has 140 valence electrons. The molecule has 1 N–H and O–H groups in total. The Bertz CT molecular complexity index is 1010. The van der Waals surface area contributed by atoms with Gasteiger partial charge in [0.2, 0.25) is 17.6 Å². The average Bonchev–Trinajstić information content (AvgIpc) is 3.01. The summed E-state index contributed by atoms with van der Waals surface area (Å²) in [6.45, 7) is 3.22. The van der Waals surface area contributed by atoms with Crippen molar-refractivity contribution in [3.05, 3.63) is 52.6 Å². The predicted molar refractivity (Wildman–Crippen MR) is 95.0 cm³/mol. The van der Waals surface area contributed by atoms with Crippen LogP contribution in [0.5, 0.6) is 0 Å². The Hall–Kier alpha value is -2.87. The van der Waals surface area contributed by atoms with Gasteiger partial charge in [-0.1, -0.05) is 16.8 Å². The number of nitrogens with one attached hydrogen (secondary N) is 1. The van der Waals surface area contributed by atoms with Gasteiger partial charge in [-0.15, -0.1) is 0 Å². The maximum Gasteiger partial charge on any atom is 0.223 e. The minimum atomic E-state index is -0.659. The Morgan fingerprint density at radius 2 is 2.04 bits per heavy atom. The van der Waals surface area contributed by atoms with E-state index in [2.05, 4.69) is 20.4 Å². The first-order chi connectivity index (χ1) is 12.8. The quantitative estimate of drug-likeness (QED) is 0.715. The number of aryl methyl sites for hydroxylation is 1. The maximum absolute atomic E-state index is 14.6. The van der Waals surface area contributed by atoms with Gasteiger partial charge in [0.05, 0.1) is 11.3 Å². The standard InChI is InChI=1S/C18H15ClF2N4O2/c1-9(26)22-4-3-16-14(20)5-11(8-23-16)13-6-12(19)7-15(21)17(13)18-24-10(2)27-25-18/h5-8H,3-4H2,1-2H3,(H,22,26). The Kier molecular flexibility index (Phi) is 5.46. The molecule has 0 unspecified atom stereocenters. The van der Waals surface area contributed by atoms with Crippen LogP contribution in [0.1, 0.15) is 18.5 Å². The third kappa shape index (κ3) is 4.28. The van der Waals surface area contributed by atoms with E-state index in [0.717, 1.165) is 6.07 Å². The molecule has 0 aliphatic rings. The molecular weight excluding hydrogens is 378 g/mol. The molecule has 0 spiro atoms. The number of amides is 1. The molecule has 3 rings (SSSR count). The Morgan fingerprint density at radius 1 is 1.26 bits per heavy atom. The van der Waals surface area contributed by atoms with Gasteiger partial charge in [0.1, 0.15) is 11.6 Å². The smallest absolute Gasteiger partial charge is 0.223 e. The number of nitrogens with zero attached hydrogens (tertiary/aromatic N) is 3. The van der Waals surface area contributed by atoms with Crippen LogP contribution in [-0.2, 0) is 11.2 Å². The maximum atomic E-state index is 14.6. The lowest BCUT2D eigenvalue weighted by Crippen LogP contribution is -2.23. The summed E-state index contributed by atoms with van der Waals surface area (Å²) in [6.07, 6.45) is 1.64. The molecule has 0 saturated heterocycles. The van der Waals surface area contributed by atoms with Crippen LogP contribution in [0, 0.1) is 18.6 Å². The van der Waals surface area contributed by atoms with Gasteiger partial charge in [-0.25, -0.2) is 8.78 Å². The van der Waals surface area contributed by atoms with E-state index >= 15 is 0 Å². The summed E-state index contributed by atoms with van der Waals surface area (Å²) >= 11 is 5.98. The van der Waals surface area contributed by atoms with Gasteiger partial charge >= 0.3 is 0 Å². The van der Waals surface area contributed by atoms with E-state index in [4.69, 9.17) is 16.1 Å². The molecule has 2 heterocycles. The number of carbonyl (C=O) groups is 1. The minimum absolute atomic E-state index is 0.0341. The molecule has 2 aromatic heterocycles. The number of benzene rings is 1. The van der Waals surface area contributed by atoms with Gasteiger partial charge in [-0.05, 0) is 23.8 Å². The van der Waals surface area contributed by atoms with E-state index in [1.807, 2.05) is 0 Å². The zero-order valence-corrected chi connectivity index (χ0v) is 15.3. The van der Waals surface area contributed by atoms with Crippen LogP contribution in [0.2, 0.25) is 5.02 Å². The lowest BCUT2D eigenvalue weighted by atomic mass is 9.99. The molecule has 0 fully saturated rings. The zero-order valence-electron chi connectivity index (χ0n) is 14.5. The first kappa shape index (κ1) is 18.9. The van der Waals surface area contributed by atoms with Gasteiger partial charge < -0.3 is 9.84 Å². The number of pyridine rings is 1. The molecule has 0 saturated carbocycles. The van der Waals surface area contributed by atoms with Crippen molar-refractivity contribution in [3.8, 4) is 22.5 Å². The molecular formula is C18H15ClF2N4O2. The van der Waals surface area contributed by atoms with E-state index in [1.165, 1.54) is 25.3 Å². The van der Waals surface area contributed by atoms with E-state index < -0.39 is 11.6 Å². The number of carbonyl (C=O) groups excluding carboxylic acids is 1. The summed E-state index contributed by atoms with van der Waals surface area (Å²) < 4.78 is 33.9. The van der Waals surface area contributed by atoms with E-state index in [0.29, 0.717) is 11.1 Å². The SMILES string of the molecule is CC(=O)NCCc1ncc(-c2cc(Cl)cc(F)c2-c2noc(C)n2)cc1F. The van der Waals surface area contributed by atoms with Crippen molar-refractivity contribution < 1.29 is 18.1 Å². The highest BCUT2D eigenvalue weighted by molar-refractivity contribution is 6.31. The van der Waals surface area contributed by atoms with Crippen LogP contribution in [0.15, 0.2) is 28.9 Å². The zero-order chi connectivity index (χ0) is 19.6. The molecule has 0 aliphatic carbocycles. The van der Waals surface area contributed by atoms with Crippen molar-refractivity contribution in [3.63, 3.8) is 0 Å². The Labute approximate surface area is 158 Å². The summed E-state index contributed by atoms with van der Waals surface area (Å²) in [5.74, 6) is -1.14. The lowest BCUT2D eigenvalue weighted by molar-refractivity contribution is -0.118. The molecule has 9 heteroatoms. The van der Waals surface area contributed by atoms with Gasteiger partial charge in [-0.2, -0.15) is 4.98 Å². The highest BCUT2D eigenvalue weighted by Gasteiger charge is 2.20. The van der Waals surface area contributed by atoms with E-state index in [1.54, 1.807) is 6.92 Å². The van der Waals surface area contributed by atoms with E-state index in [-0.39, 0.29) is 46.9 Å². The predicted octanol–water partition coefficient (Wildman–Crippen LogP) is 3.72. The summed E-state index contributed by atoms with van der Waals surface area (Å²) in [6, 6.07) is 3.84. The van der Waals surface area contributed by atoms with Crippen molar-refractivity contribution in [1.29, 1.82) is 0 Å². The summed E-state index contributed by atoms with van der Waals surface area (Å²) in [5.41, 5.74) is 0.839. The number of rotatable bonds is 5. The van der Waals surface area contributed by atoms with Crippen LogP contribution in [0.25, 0.3) is 22.5 Å². The van der Waals surface area contributed by atoms with Gasteiger partial charge in [0.15, 0.2) is 0 Å². The fraction of sp³-hybridized carbons (Fsp3) is 0.222. The normalized spacial score (nSPS) is 10.9. The third-order valence-electron chi connectivity index (χ3n) is 3.77. The topological polar surface area (TPSA) is 80.9 Å². The van der Waals surface area contributed by atoms with E-state index in [9.17, 15) is 13.6 Å². The monoisotopic (exact) mass is 392 g/mol. The number of hydrogen-bond acceptors (Lipinski definition) is 5. The number of hydrogen-bond donors (Lipinski definition) is 1. The molecule has 6 nitrogen and oxygen atoms in total. The minimum Gasteiger partial charge on any atom is -0.356 e. The first-order valence-corrected chi connectivity index (χ1v) is 8.42. The number of halogens is 3. The largest absolute Gasteiger partial charge is 0.356 e. The Balaban J connectivity index is 2.01. The van der Waals surface area contributed by atoms with Gasteiger partial charge in [0.25, 0.3) is 0 Å². The Morgan fingerprint density at radius 3 is 2.67 bits per heavy atom. The second-order valence-corrected chi connectivity index (χ2v) is 6.27. The third-order valence-corrected chi connectivity index (χ3v) is 3.99. The van der Waals surface area contributed by atoms with Crippen molar-refractivity contribution >= 4 is 17.5 Å². The van der Waals surface area contributed by atoms with Crippen LogP contribution < -0.4 is 5.32 Å². The van der Waals surface area contributed by atoms with Gasteiger partial charge in [-0.3, -0.25) is 9.78 Å². The number of aromatic nitrogens is 3. The van der Waals surface area contributed by atoms with Crippen molar-refractivity contribution in [1.82, 2.24) is 20.4 Å². The molecule has 1 aromatic carbocycles. The summed E-state index contributed by atoms with van der Waals surface area (Å²) in [5, 5.41) is 6.45. The molecule has 0 radical (unpaired) electrons. The molecule has 0 aliphatic heterocycles. The molecule has 0 bridgehead atoms. The van der Waals surface area contributed by atoms with Crippen LogP contribution in [-0.4, -0.2) is 27.6 Å². The highest BCUT2D eigenvalue weighted by Crippen LogP contribution is 2.35. The molecule has 3 aromatic rings. The fourth-order valence-electron chi connectivity index (χ4n) is 2.58. The van der Waals surface area contributed by atoms with Crippen molar-refractivity contribution in [2.24, 2.45) is 0 Å². The van der Waals surface area contributed by atoms with Gasteiger partial charge in [0, 0.05) is 43.6 Å². The van der Waals surface area contributed by atoms with Crippen LogP contribution >= 0.6 is 11.6 Å². The van der Waals surface area contributed by atoms with Crippen LogP contribution in [0.3, 0.4) is 0 Å². The first-order valence-electron chi connectivity index (χ1n) is 8.04. The second kappa shape index (κ2) is 7.79. The summed E-state index contributed by atoms with van der Waals surface area (Å²) in [4.78, 5) is 19.0. The van der Waals surface area contributed by atoms with Crippen molar-refractivity contribution in [2.45, 2.75) is 20.3 Å². The highest BCUT2D eigenvalue weighted by atomic mass is 35.5. The van der Waals surface area contributed by atoms with Crippen molar-refractivity contribution in [2.75, 3.05) is 6.54 Å². The average molecular weight is 393 g/mol. The lowest BCUT2D eigenvalue weighted by Gasteiger charge is -2.10. The molecule has 1 amide bonds. The van der Waals surface area contributed by atoms with Crippen LogP contribution in [0.4, 0.5) is 8.78 Å². The molecule has 27 heavy (non-hydrogen) atoms. The summed E-state index contributed by atoms with van der Waals surface area (Å²) in [7, 11) is 0. The fourth-order valence-corrected chi connectivity index (χ4v) is 2.79. The second-order valence-electron chi connectivity index (χ2n) is 5.83.